The van der Waals surface area contributed by atoms with Crippen LogP contribution in [-0.2, 0) is 6.54 Å². The highest BCUT2D eigenvalue weighted by atomic mass is 32.1. The van der Waals surface area contributed by atoms with Gasteiger partial charge in [0.2, 0.25) is 0 Å². The Morgan fingerprint density at radius 3 is 2.92 bits per heavy atom. The van der Waals surface area contributed by atoms with E-state index in [1.807, 2.05) is 6.20 Å². The molecule has 0 aliphatic heterocycles. The van der Waals surface area contributed by atoms with E-state index in [1.54, 1.807) is 0 Å². The molecule has 1 aromatic rings. The summed E-state index contributed by atoms with van der Waals surface area (Å²) in [6.07, 6.45) is 7.16. The second-order valence-electron chi connectivity index (χ2n) is 4.02. The van der Waals surface area contributed by atoms with E-state index in [1.165, 1.54) is 37.4 Å². The van der Waals surface area contributed by atoms with Crippen LogP contribution in [-0.4, -0.2) is 14.3 Å². The van der Waals surface area contributed by atoms with E-state index < -0.39 is 0 Å². The van der Waals surface area contributed by atoms with Gasteiger partial charge >= 0.3 is 0 Å². The monoisotopic (exact) mass is 197 g/mol. The second kappa shape index (κ2) is 3.72. The van der Waals surface area contributed by atoms with Gasteiger partial charge in [-0.3, -0.25) is 0 Å². The first-order valence-electron chi connectivity index (χ1n) is 4.80. The fraction of sp³-hybridized carbons (Fsp3) is 0.778. The van der Waals surface area contributed by atoms with Gasteiger partial charge < -0.3 is 5.32 Å². The molecule has 0 radical (unpaired) electrons. The van der Waals surface area contributed by atoms with Crippen LogP contribution in [0, 0.1) is 0 Å². The van der Waals surface area contributed by atoms with Gasteiger partial charge in [-0.05, 0) is 19.8 Å². The number of nitrogens with zero attached hydrogens (tertiary/aromatic N) is 2. The summed E-state index contributed by atoms with van der Waals surface area (Å²) in [5, 5.41) is 3.56. The average molecular weight is 197 g/mol. The predicted octanol–water partition coefficient (Wildman–Crippen LogP) is 1.96. The maximum absolute atomic E-state index is 4.18. The quantitative estimate of drug-likeness (QED) is 0.805. The number of nitrogens with one attached hydrogen (secondary N) is 1. The third-order valence-corrected chi connectivity index (χ3v) is 3.33. The molecule has 0 unspecified atom stereocenters. The molecule has 0 bridgehead atoms. The number of rotatable bonds is 3. The van der Waals surface area contributed by atoms with Crippen LogP contribution < -0.4 is 5.32 Å². The Kier molecular flexibility index (Phi) is 2.60. The van der Waals surface area contributed by atoms with E-state index in [2.05, 4.69) is 21.0 Å². The van der Waals surface area contributed by atoms with Crippen LogP contribution in [0.3, 0.4) is 0 Å². The fourth-order valence-electron chi connectivity index (χ4n) is 1.90. The molecule has 13 heavy (non-hydrogen) atoms. The minimum atomic E-state index is 0.351. The molecule has 3 nitrogen and oxygen atoms in total. The molecule has 1 saturated carbocycles. The number of hydrogen-bond acceptors (Lipinski definition) is 4. The van der Waals surface area contributed by atoms with E-state index >= 15 is 0 Å². The van der Waals surface area contributed by atoms with Crippen LogP contribution >= 0.6 is 11.7 Å². The summed E-state index contributed by atoms with van der Waals surface area (Å²) in [5.41, 5.74) is 1.42. The van der Waals surface area contributed by atoms with E-state index in [0.29, 0.717) is 5.54 Å². The summed E-state index contributed by atoms with van der Waals surface area (Å²) in [5.74, 6) is 0. The lowest BCUT2D eigenvalue weighted by Gasteiger charge is -2.24. The number of hydrogen-bond donors (Lipinski definition) is 1. The molecule has 1 heterocycles. The van der Waals surface area contributed by atoms with Crippen molar-refractivity contribution in [3.05, 3.63) is 11.9 Å². The third kappa shape index (κ3) is 2.25. The first-order valence-corrected chi connectivity index (χ1v) is 5.53. The molecule has 1 fully saturated rings. The van der Waals surface area contributed by atoms with Crippen LogP contribution in [0.1, 0.15) is 38.3 Å². The van der Waals surface area contributed by atoms with Gasteiger partial charge in [0.15, 0.2) is 0 Å². The van der Waals surface area contributed by atoms with Crippen molar-refractivity contribution < 1.29 is 0 Å². The van der Waals surface area contributed by atoms with Crippen LogP contribution in [0.5, 0.6) is 0 Å². The molecule has 0 saturated heterocycles. The van der Waals surface area contributed by atoms with Crippen molar-refractivity contribution in [1.82, 2.24) is 14.1 Å². The first kappa shape index (κ1) is 9.09. The van der Waals surface area contributed by atoms with Crippen molar-refractivity contribution in [3.8, 4) is 0 Å². The second-order valence-corrected chi connectivity index (χ2v) is 4.58. The van der Waals surface area contributed by atoms with Crippen LogP contribution in [0.25, 0.3) is 0 Å². The summed E-state index contributed by atoms with van der Waals surface area (Å²) < 4.78 is 8.16. The molecule has 0 spiro atoms. The van der Waals surface area contributed by atoms with Crippen molar-refractivity contribution >= 4 is 11.7 Å². The Bertz CT molecular complexity index is 252. The molecule has 0 amide bonds. The van der Waals surface area contributed by atoms with Crippen LogP contribution in [0.2, 0.25) is 0 Å². The van der Waals surface area contributed by atoms with Crippen molar-refractivity contribution in [1.29, 1.82) is 0 Å². The molecule has 0 atom stereocenters. The summed E-state index contributed by atoms with van der Waals surface area (Å²) in [6, 6.07) is 0. The highest BCUT2D eigenvalue weighted by Gasteiger charge is 2.27. The third-order valence-electron chi connectivity index (χ3n) is 2.81. The molecule has 1 N–H and O–H groups in total. The van der Waals surface area contributed by atoms with Crippen molar-refractivity contribution in [3.63, 3.8) is 0 Å². The minimum absolute atomic E-state index is 0.351. The van der Waals surface area contributed by atoms with Gasteiger partial charge in [0.1, 0.15) is 0 Å². The zero-order valence-electron chi connectivity index (χ0n) is 7.92. The van der Waals surface area contributed by atoms with Gasteiger partial charge in [-0.25, -0.2) is 0 Å². The SMILES string of the molecule is CC1(NCc2cnsn2)CCCC1. The van der Waals surface area contributed by atoms with Crippen molar-refractivity contribution in [2.75, 3.05) is 0 Å². The molecule has 72 valence electrons. The minimum Gasteiger partial charge on any atom is -0.306 e. The molecule has 4 heteroatoms. The van der Waals surface area contributed by atoms with E-state index in [4.69, 9.17) is 0 Å². The summed E-state index contributed by atoms with van der Waals surface area (Å²) in [7, 11) is 0. The Morgan fingerprint density at radius 2 is 2.31 bits per heavy atom. The lowest BCUT2D eigenvalue weighted by atomic mass is 10.0. The predicted molar refractivity (Wildman–Crippen MR) is 53.6 cm³/mol. The maximum atomic E-state index is 4.18. The van der Waals surface area contributed by atoms with Crippen molar-refractivity contribution in [2.45, 2.75) is 44.7 Å². The highest BCUT2D eigenvalue weighted by Crippen LogP contribution is 2.28. The summed E-state index contributed by atoms with van der Waals surface area (Å²) in [4.78, 5) is 0. The fourth-order valence-corrected chi connectivity index (χ4v) is 2.33. The molecular weight excluding hydrogens is 182 g/mol. The van der Waals surface area contributed by atoms with Gasteiger partial charge in [-0.2, -0.15) is 8.75 Å². The maximum Gasteiger partial charge on any atom is 0.0880 e. The zero-order valence-corrected chi connectivity index (χ0v) is 8.73. The molecule has 2 rings (SSSR count). The molecule has 0 aromatic carbocycles. The van der Waals surface area contributed by atoms with E-state index in [9.17, 15) is 0 Å². The van der Waals surface area contributed by atoms with Gasteiger partial charge in [-0.15, -0.1) is 0 Å². The Balaban J connectivity index is 1.85. The van der Waals surface area contributed by atoms with Gasteiger partial charge in [0.05, 0.1) is 23.6 Å². The lowest BCUT2D eigenvalue weighted by molar-refractivity contribution is 0.361. The van der Waals surface area contributed by atoms with Gasteiger partial charge in [0.25, 0.3) is 0 Å². The molecule has 1 aliphatic rings. The first-order chi connectivity index (χ1) is 6.29. The molecule has 1 aromatic heterocycles. The Morgan fingerprint density at radius 1 is 1.54 bits per heavy atom. The lowest BCUT2D eigenvalue weighted by Crippen LogP contribution is -2.38. The largest absolute Gasteiger partial charge is 0.306 e. The normalized spacial score (nSPS) is 20.7. The van der Waals surface area contributed by atoms with Crippen LogP contribution in [0.15, 0.2) is 6.20 Å². The zero-order chi connectivity index (χ0) is 9.15. The molecular formula is C9H15N3S. The highest BCUT2D eigenvalue weighted by molar-refractivity contribution is 6.99. The average Bonchev–Trinajstić information content (AvgIpc) is 2.72. The Hall–Kier alpha value is -0.480. The van der Waals surface area contributed by atoms with Crippen LogP contribution in [0.4, 0.5) is 0 Å². The molecule has 1 aliphatic carbocycles. The standard InChI is InChI=1S/C9H15N3S/c1-9(4-2-3-5-9)10-6-8-7-11-13-12-8/h7,10H,2-6H2,1H3. The van der Waals surface area contributed by atoms with Gasteiger partial charge in [0, 0.05) is 12.1 Å². The summed E-state index contributed by atoms with van der Waals surface area (Å²) in [6.45, 7) is 3.17. The Labute approximate surface area is 82.9 Å². The smallest absolute Gasteiger partial charge is 0.0880 e. The topological polar surface area (TPSA) is 37.8 Å². The number of aromatic nitrogens is 2. The van der Waals surface area contributed by atoms with Crippen molar-refractivity contribution in [2.24, 2.45) is 0 Å². The van der Waals surface area contributed by atoms with E-state index in [0.717, 1.165) is 12.2 Å². The summed E-state index contributed by atoms with van der Waals surface area (Å²) >= 11 is 1.28. The van der Waals surface area contributed by atoms with E-state index in [-0.39, 0.29) is 0 Å². The van der Waals surface area contributed by atoms with Gasteiger partial charge in [-0.1, -0.05) is 12.8 Å².